The Hall–Kier alpha value is -0.960. The lowest BCUT2D eigenvalue weighted by Crippen LogP contribution is -2.05. The number of carbonyl (C=O) groups is 1. The van der Waals surface area contributed by atoms with Crippen molar-refractivity contribution >= 4 is 17.4 Å². The Labute approximate surface area is 92.1 Å². The zero-order valence-electron chi connectivity index (χ0n) is 8.27. The van der Waals surface area contributed by atoms with Gasteiger partial charge in [0.15, 0.2) is 5.78 Å². The molecule has 0 atom stereocenters. The fourth-order valence-electron chi connectivity index (χ4n) is 1.34. The molecule has 4 heteroatoms. The van der Waals surface area contributed by atoms with Crippen LogP contribution in [0.5, 0.6) is 0 Å². The zero-order valence-corrected chi connectivity index (χ0v) is 9.02. The maximum absolute atomic E-state index is 12.6. The van der Waals surface area contributed by atoms with E-state index in [9.17, 15) is 13.6 Å². The summed E-state index contributed by atoms with van der Waals surface area (Å²) in [6.07, 6.45) is -2.54. The van der Waals surface area contributed by atoms with E-state index in [-0.39, 0.29) is 29.2 Å². The maximum atomic E-state index is 12.6. The molecule has 0 aliphatic rings. The molecule has 0 amide bonds. The Morgan fingerprint density at radius 2 is 2.13 bits per heavy atom. The van der Waals surface area contributed by atoms with Crippen LogP contribution in [0.4, 0.5) is 8.78 Å². The van der Waals surface area contributed by atoms with Crippen LogP contribution in [0.25, 0.3) is 0 Å². The first-order valence-corrected chi connectivity index (χ1v) is 5.07. The molecule has 0 aromatic heterocycles. The van der Waals surface area contributed by atoms with Gasteiger partial charge < -0.3 is 0 Å². The van der Waals surface area contributed by atoms with Crippen LogP contribution in [-0.2, 0) is 0 Å². The molecule has 0 spiro atoms. The monoisotopic (exact) mass is 232 g/mol. The number of benzene rings is 1. The molecule has 15 heavy (non-hydrogen) atoms. The number of hydrogen-bond donors (Lipinski definition) is 0. The zero-order chi connectivity index (χ0) is 11.4. The molecule has 0 saturated heterocycles. The second kappa shape index (κ2) is 5.21. The molecule has 1 nitrogen and oxygen atoms in total. The van der Waals surface area contributed by atoms with Crippen LogP contribution in [0.3, 0.4) is 0 Å². The van der Waals surface area contributed by atoms with Crippen LogP contribution in [0.2, 0.25) is 0 Å². The van der Waals surface area contributed by atoms with E-state index < -0.39 is 6.43 Å². The first kappa shape index (κ1) is 12.1. The van der Waals surface area contributed by atoms with Crippen molar-refractivity contribution in [3.63, 3.8) is 0 Å². The lowest BCUT2D eigenvalue weighted by molar-refractivity contribution is 0.0975. The molecule has 0 aliphatic heterocycles. The third-order valence-electron chi connectivity index (χ3n) is 2.06. The summed E-state index contributed by atoms with van der Waals surface area (Å²) in [6, 6.07) is 4.42. The summed E-state index contributed by atoms with van der Waals surface area (Å²) in [6.45, 7) is 1.71. The van der Waals surface area contributed by atoms with E-state index >= 15 is 0 Å². The summed E-state index contributed by atoms with van der Waals surface area (Å²) in [5.41, 5.74) is 0.592. The minimum absolute atomic E-state index is 0.0799. The van der Waals surface area contributed by atoms with Crippen molar-refractivity contribution < 1.29 is 13.6 Å². The normalized spacial score (nSPS) is 10.7. The van der Waals surface area contributed by atoms with E-state index in [1.807, 2.05) is 0 Å². The van der Waals surface area contributed by atoms with Gasteiger partial charge in [0, 0.05) is 23.4 Å². The van der Waals surface area contributed by atoms with E-state index in [1.54, 1.807) is 13.0 Å². The van der Waals surface area contributed by atoms with Crippen molar-refractivity contribution in [3.8, 4) is 0 Å². The summed E-state index contributed by atoms with van der Waals surface area (Å²) in [5.74, 6) is -0.185. The van der Waals surface area contributed by atoms with Crippen LogP contribution in [0.15, 0.2) is 18.2 Å². The molecular weight excluding hydrogens is 222 g/mol. The summed E-state index contributed by atoms with van der Waals surface area (Å²) >= 11 is 5.40. The summed E-state index contributed by atoms with van der Waals surface area (Å²) in [7, 11) is 0. The van der Waals surface area contributed by atoms with E-state index in [1.165, 1.54) is 12.1 Å². The predicted molar refractivity (Wildman–Crippen MR) is 55.8 cm³/mol. The molecule has 0 radical (unpaired) electrons. The van der Waals surface area contributed by atoms with Crippen LogP contribution >= 0.6 is 11.6 Å². The first-order valence-electron chi connectivity index (χ1n) is 4.54. The lowest BCUT2D eigenvalue weighted by Gasteiger charge is -2.08. The number of halogens is 3. The summed E-state index contributed by atoms with van der Waals surface area (Å²) < 4.78 is 25.2. The Balaban J connectivity index is 3.11. The average Bonchev–Trinajstić information content (AvgIpc) is 2.17. The smallest absolute Gasteiger partial charge is 0.264 e. The molecule has 0 N–H and O–H groups in total. The van der Waals surface area contributed by atoms with Crippen molar-refractivity contribution in [2.24, 2.45) is 0 Å². The molecular formula is C11H11ClF2O. The van der Waals surface area contributed by atoms with Crippen LogP contribution in [-0.4, -0.2) is 11.7 Å². The molecule has 0 saturated carbocycles. The third kappa shape index (κ3) is 2.99. The highest BCUT2D eigenvalue weighted by Crippen LogP contribution is 2.25. The van der Waals surface area contributed by atoms with Gasteiger partial charge in [0.1, 0.15) is 0 Å². The second-order valence-corrected chi connectivity index (χ2v) is 3.63. The van der Waals surface area contributed by atoms with E-state index in [0.717, 1.165) is 0 Å². The van der Waals surface area contributed by atoms with Crippen LogP contribution < -0.4 is 0 Å². The number of alkyl halides is 3. The highest BCUT2D eigenvalue weighted by molar-refractivity contribution is 6.19. The molecule has 0 aliphatic carbocycles. The molecule has 1 aromatic rings. The largest absolute Gasteiger partial charge is 0.294 e. The minimum Gasteiger partial charge on any atom is -0.294 e. The Morgan fingerprint density at radius 1 is 1.47 bits per heavy atom. The number of rotatable bonds is 4. The van der Waals surface area contributed by atoms with E-state index in [0.29, 0.717) is 5.56 Å². The van der Waals surface area contributed by atoms with Crippen LogP contribution in [0, 0.1) is 6.92 Å². The predicted octanol–water partition coefficient (Wildman–Crippen LogP) is 3.74. The summed E-state index contributed by atoms with van der Waals surface area (Å²) in [5, 5.41) is 0. The molecule has 0 bridgehead atoms. The molecule has 0 heterocycles. The molecule has 1 aromatic carbocycles. The van der Waals surface area contributed by atoms with Crippen molar-refractivity contribution in [1.29, 1.82) is 0 Å². The van der Waals surface area contributed by atoms with Crippen molar-refractivity contribution in [2.45, 2.75) is 19.8 Å². The number of ketones is 1. The second-order valence-electron chi connectivity index (χ2n) is 3.25. The van der Waals surface area contributed by atoms with Crippen molar-refractivity contribution in [2.75, 3.05) is 5.88 Å². The average molecular weight is 233 g/mol. The standard InChI is InChI=1S/C11H11ClF2O/c1-7-2-3-8(10(15)4-5-12)9(6-7)11(13)14/h2-3,6,11H,4-5H2,1H3. The van der Waals surface area contributed by atoms with Gasteiger partial charge in [-0.1, -0.05) is 17.7 Å². The van der Waals surface area contributed by atoms with Gasteiger partial charge in [0.05, 0.1) is 0 Å². The van der Waals surface area contributed by atoms with Gasteiger partial charge in [-0.3, -0.25) is 4.79 Å². The van der Waals surface area contributed by atoms with Gasteiger partial charge >= 0.3 is 0 Å². The quantitative estimate of drug-likeness (QED) is 0.571. The summed E-state index contributed by atoms with van der Waals surface area (Å²) in [4.78, 5) is 11.5. The Morgan fingerprint density at radius 3 is 2.67 bits per heavy atom. The molecule has 0 fully saturated rings. The number of hydrogen-bond acceptors (Lipinski definition) is 1. The topological polar surface area (TPSA) is 17.1 Å². The molecule has 1 rings (SSSR count). The van der Waals surface area contributed by atoms with Gasteiger partial charge in [-0.15, -0.1) is 11.6 Å². The van der Waals surface area contributed by atoms with Crippen molar-refractivity contribution in [3.05, 3.63) is 34.9 Å². The minimum atomic E-state index is -2.63. The van der Waals surface area contributed by atoms with E-state index in [2.05, 4.69) is 0 Å². The Bertz CT molecular complexity index is 364. The number of Topliss-reactive ketones (excluding diaryl/α,β-unsaturated/α-hetero) is 1. The number of aryl methyl sites for hydroxylation is 1. The highest BCUT2D eigenvalue weighted by Gasteiger charge is 2.17. The van der Waals surface area contributed by atoms with E-state index in [4.69, 9.17) is 11.6 Å². The fraction of sp³-hybridized carbons (Fsp3) is 0.364. The first-order chi connectivity index (χ1) is 7.06. The number of carbonyl (C=O) groups excluding carboxylic acids is 1. The van der Waals surface area contributed by atoms with Gasteiger partial charge in [-0.05, 0) is 13.0 Å². The molecule has 0 unspecified atom stereocenters. The fourth-order valence-corrected chi connectivity index (χ4v) is 1.51. The molecule has 82 valence electrons. The van der Waals surface area contributed by atoms with Crippen LogP contribution in [0.1, 0.15) is 34.3 Å². The lowest BCUT2D eigenvalue weighted by atomic mass is 10.00. The highest BCUT2D eigenvalue weighted by atomic mass is 35.5. The SMILES string of the molecule is Cc1ccc(C(=O)CCCl)c(C(F)F)c1. The van der Waals surface area contributed by atoms with Gasteiger partial charge in [-0.25, -0.2) is 8.78 Å². The van der Waals surface area contributed by atoms with Crippen molar-refractivity contribution in [1.82, 2.24) is 0 Å². The third-order valence-corrected chi connectivity index (χ3v) is 2.25. The Kier molecular flexibility index (Phi) is 4.21. The van der Waals surface area contributed by atoms with Gasteiger partial charge in [0.25, 0.3) is 6.43 Å². The maximum Gasteiger partial charge on any atom is 0.264 e. The van der Waals surface area contributed by atoms with Gasteiger partial charge in [0.2, 0.25) is 0 Å². The van der Waals surface area contributed by atoms with Gasteiger partial charge in [-0.2, -0.15) is 0 Å².